The van der Waals surface area contributed by atoms with Gasteiger partial charge in [0, 0.05) is 17.6 Å². The fourth-order valence-corrected chi connectivity index (χ4v) is 4.18. The number of aryl methyl sites for hydroxylation is 2. The number of benzene rings is 1. The third-order valence-corrected chi connectivity index (χ3v) is 5.80. The predicted octanol–water partition coefficient (Wildman–Crippen LogP) is 1.90. The number of fused-ring (bicyclic) bond motifs is 1. The van der Waals surface area contributed by atoms with Gasteiger partial charge in [-0.2, -0.15) is 5.10 Å². The lowest BCUT2D eigenvalue weighted by atomic mass is 9.97. The van der Waals surface area contributed by atoms with E-state index in [0.717, 1.165) is 36.9 Å². The van der Waals surface area contributed by atoms with Crippen LogP contribution in [0.1, 0.15) is 29.7 Å². The zero-order valence-corrected chi connectivity index (χ0v) is 15.3. The molecule has 2 aromatic rings. The van der Waals surface area contributed by atoms with Crippen LogP contribution in [0.4, 0.5) is 0 Å². The van der Waals surface area contributed by atoms with Crippen LogP contribution in [0.5, 0.6) is 0 Å². The summed E-state index contributed by atoms with van der Waals surface area (Å²) in [5.41, 5.74) is 2.45. The second-order valence-electron chi connectivity index (χ2n) is 6.16. The number of nitrogens with zero attached hydrogens (tertiary/aromatic N) is 2. The van der Waals surface area contributed by atoms with Crippen molar-refractivity contribution in [2.24, 2.45) is 0 Å². The maximum Gasteiger partial charge on any atom is 0.267 e. The maximum absolute atomic E-state index is 12.1. The average molecular weight is 382 g/mol. The summed E-state index contributed by atoms with van der Waals surface area (Å²) in [5, 5.41) is 4.94. The molecule has 8 heteroatoms. The topological polar surface area (TPSA) is 81.1 Å². The molecule has 1 N–H and O–H groups in total. The first-order valence-corrected chi connectivity index (χ1v) is 10.3. The van der Waals surface area contributed by atoms with E-state index < -0.39 is 10.0 Å². The minimum absolute atomic E-state index is 0.127. The first kappa shape index (κ1) is 18.1. The van der Waals surface area contributed by atoms with Crippen LogP contribution in [0.2, 0.25) is 5.02 Å². The van der Waals surface area contributed by atoms with Crippen molar-refractivity contribution >= 4 is 21.6 Å². The number of hydrogen-bond acceptors (Lipinski definition) is 4. The van der Waals surface area contributed by atoms with Crippen LogP contribution in [-0.2, 0) is 35.2 Å². The van der Waals surface area contributed by atoms with E-state index in [1.54, 1.807) is 30.3 Å². The summed E-state index contributed by atoms with van der Waals surface area (Å²) in [7, 11) is -3.48. The van der Waals surface area contributed by atoms with Crippen molar-refractivity contribution in [3.8, 4) is 0 Å². The molecule has 0 amide bonds. The van der Waals surface area contributed by atoms with Crippen LogP contribution in [0.25, 0.3) is 0 Å². The standard InChI is InChI=1S/C17H20ClN3O3S/c18-15-7-5-13(6-8-15)12-25(23,24)19-9-10-21-17(22)11-14-3-1-2-4-16(14)20-21/h5-8,11,19H,1-4,9-10,12H2. The quantitative estimate of drug-likeness (QED) is 0.828. The summed E-state index contributed by atoms with van der Waals surface area (Å²) in [4.78, 5) is 12.1. The van der Waals surface area contributed by atoms with Crippen molar-refractivity contribution in [3.63, 3.8) is 0 Å². The molecule has 1 aliphatic carbocycles. The van der Waals surface area contributed by atoms with Gasteiger partial charge in [0.2, 0.25) is 10.0 Å². The van der Waals surface area contributed by atoms with Gasteiger partial charge < -0.3 is 0 Å². The molecule has 0 saturated heterocycles. The number of nitrogens with one attached hydrogen (secondary N) is 1. The second kappa shape index (κ2) is 7.68. The molecule has 1 aromatic heterocycles. The van der Waals surface area contributed by atoms with Crippen LogP contribution >= 0.6 is 11.6 Å². The SMILES string of the molecule is O=c1cc2c(nn1CCNS(=O)(=O)Cc1ccc(Cl)cc1)CCCC2. The van der Waals surface area contributed by atoms with E-state index in [4.69, 9.17) is 11.6 Å². The third-order valence-electron chi connectivity index (χ3n) is 4.19. The monoisotopic (exact) mass is 381 g/mol. The van der Waals surface area contributed by atoms with Crippen molar-refractivity contribution in [2.75, 3.05) is 6.54 Å². The average Bonchev–Trinajstić information content (AvgIpc) is 2.57. The van der Waals surface area contributed by atoms with Crippen molar-refractivity contribution in [2.45, 2.75) is 38.0 Å². The number of halogens is 1. The molecule has 25 heavy (non-hydrogen) atoms. The van der Waals surface area contributed by atoms with Gasteiger partial charge in [-0.05, 0) is 48.9 Å². The summed E-state index contributed by atoms with van der Waals surface area (Å²) >= 11 is 5.80. The van der Waals surface area contributed by atoms with Crippen molar-refractivity contribution < 1.29 is 8.42 Å². The highest BCUT2D eigenvalue weighted by Crippen LogP contribution is 2.16. The molecule has 0 fully saturated rings. The molecule has 0 unspecified atom stereocenters. The maximum atomic E-state index is 12.1. The van der Waals surface area contributed by atoms with E-state index in [1.807, 2.05) is 0 Å². The second-order valence-corrected chi connectivity index (χ2v) is 8.41. The van der Waals surface area contributed by atoms with E-state index in [9.17, 15) is 13.2 Å². The summed E-state index contributed by atoms with van der Waals surface area (Å²) in [6.07, 6.45) is 3.93. The van der Waals surface area contributed by atoms with E-state index >= 15 is 0 Å². The zero-order chi connectivity index (χ0) is 17.9. The van der Waals surface area contributed by atoms with Gasteiger partial charge >= 0.3 is 0 Å². The Kier molecular flexibility index (Phi) is 5.56. The minimum Gasteiger partial charge on any atom is -0.268 e. The molecule has 0 bridgehead atoms. The molecule has 3 rings (SSSR count). The van der Waals surface area contributed by atoms with E-state index in [2.05, 4.69) is 9.82 Å². The first-order valence-electron chi connectivity index (χ1n) is 8.25. The van der Waals surface area contributed by atoms with Gasteiger partial charge in [-0.15, -0.1) is 0 Å². The van der Waals surface area contributed by atoms with Crippen molar-refractivity contribution in [1.29, 1.82) is 0 Å². The predicted molar refractivity (Wildman–Crippen MR) is 97.2 cm³/mol. The van der Waals surface area contributed by atoms with Crippen LogP contribution in [0, 0.1) is 0 Å². The Bertz CT molecular complexity index is 908. The molecular formula is C17H20ClN3O3S. The molecule has 1 aliphatic rings. The number of rotatable bonds is 6. The van der Waals surface area contributed by atoms with Gasteiger partial charge in [-0.25, -0.2) is 17.8 Å². The highest BCUT2D eigenvalue weighted by atomic mass is 35.5. The Balaban J connectivity index is 1.60. The van der Waals surface area contributed by atoms with Gasteiger partial charge in [0.15, 0.2) is 0 Å². The van der Waals surface area contributed by atoms with Gasteiger partial charge in [0.25, 0.3) is 5.56 Å². The highest BCUT2D eigenvalue weighted by Gasteiger charge is 2.14. The van der Waals surface area contributed by atoms with E-state index in [-0.39, 0.29) is 24.4 Å². The summed E-state index contributed by atoms with van der Waals surface area (Å²) in [6, 6.07) is 8.30. The van der Waals surface area contributed by atoms with Crippen molar-refractivity contribution in [1.82, 2.24) is 14.5 Å². The van der Waals surface area contributed by atoms with Gasteiger partial charge in [0.05, 0.1) is 18.0 Å². The Morgan fingerprint density at radius 2 is 1.88 bits per heavy atom. The fourth-order valence-electron chi connectivity index (χ4n) is 2.92. The Morgan fingerprint density at radius 3 is 2.64 bits per heavy atom. The van der Waals surface area contributed by atoms with Crippen molar-refractivity contribution in [3.05, 3.63) is 62.5 Å². The van der Waals surface area contributed by atoms with E-state index in [1.165, 1.54) is 4.68 Å². The zero-order valence-electron chi connectivity index (χ0n) is 13.7. The van der Waals surface area contributed by atoms with Crippen LogP contribution in [0.3, 0.4) is 0 Å². The van der Waals surface area contributed by atoms with Crippen LogP contribution in [0.15, 0.2) is 35.1 Å². The molecule has 0 aliphatic heterocycles. The Hall–Kier alpha value is -1.70. The number of hydrogen-bond donors (Lipinski definition) is 1. The molecule has 1 heterocycles. The molecule has 0 atom stereocenters. The number of sulfonamides is 1. The summed E-state index contributed by atoms with van der Waals surface area (Å²) in [5.74, 6) is -0.128. The van der Waals surface area contributed by atoms with Gasteiger partial charge in [-0.1, -0.05) is 23.7 Å². The van der Waals surface area contributed by atoms with E-state index in [0.29, 0.717) is 10.6 Å². The molecule has 134 valence electrons. The first-order chi connectivity index (χ1) is 11.9. The smallest absolute Gasteiger partial charge is 0.267 e. The molecule has 0 spiro atoms. The van der Waals surface area contributed by atoms with Gasteiger partial charge in [0.1, 0.15) is 0 Å². The molecule has 6 nitrogen and oxygen atoms in total. The van der Waals surface area contributed by atoms with Crippen LogP contribution < -0.4 is 10.3 Å². The summed E-state index contributed by atoms with van der Waals surface area (Å²) < 4.78 is 28.1. The molecular weight excluding hydrogens is 362 g/mol. The number of aromatic nitrogens is 2. The van der Waals surface area contributed by atoms with Crippen LogP contribution in [-0.4, -0.2) is 24.7 Å². The lowest BCUT2D eigenvalue weighted by molar-refractivity contribution is 0.526. The molecule has 1 aromatic carbocycles. The Labute approximate surface area is 151 Å². The normalized spacial score (nSPS) is 14.3. The largest absolute Gasteiger partial charge is 0.268 e. The Morgan fingerprint density at radius 1 is 1.16 bits per heavy atom. The lowest BCUT2D eigenvalue weighted by Crippen LogP contribution is -2.33. The summed E-state index contributed by atoms with van der Waals surface area (Å²) in [6.45, 7) is 0.341. The molecule has 0 radical (unpaired) electrons. The third kappa shape index (κ3) is 4.90. The van der Waals surface area contributed by atoms with Gasteiger partial charge in [-0.3, -0.25) is 4.79 Å². The fraction of sp³-hybridized carbons (Fsp3) is 0.412. The molecule has 0 saturated carbocycles. The minimum atomic E-state index is -3.48. The lowest BCUT2D eigenvalue weighted by Gasteiger charge is -2.16. The highest BCUT2D eigenvalue weighted by molar-refractivity contribution is 7.88.